The van der Waals surface area contributed by atoms with Crippen LogP contribution in [0.2, 0.25) is 0 Å². The number of benzene rings is 2. The lowest BCUT2D eigenvalue weighted by molar-refractivity contribution is 0.0852. The molecule has 1 aliphatic rings. The lowest BCUT2D eigenvalue weighted by atomic mass is 9.96. The van der Waals surface area contributed by atoms with Crippen molar-refractivity contribution >= 4 is 5.91 Å². The third-order valence-corrected chi connectivity index (χ3v) is 4.89. The maximum atomic E-state index is 12.4. The van der Waals surface area contributed by atoms with Crippen LogP contribution in [0.5, 0.6) is 0 Å². The highest BCUT2D eigenvalue weighted by molar-refractivity contribution is 5.94. The molecule has 128 valence electrons. The number of amides is 1. The third kappa shape index (κ3) is 3.89. The Kier molecular flexibility index (Phi) is 4.87. The molecule has 0 heterocycles. The monoisotopic (exact) mass is 334 g/mol. The van der Waals surface area contributed by atoms with E-state index in [1.807, 2.05) is 42.5 Å². The zero-order valence-electron chi connectivity index (χ0n) is 14.3. The predicted molar refractivity (Wildman–Crippen MR) is 96.0 cm³/mol. The van der Waals surface area contributed by atoms with Crippen molar-refractivity contribution in [2.45, 2.75) is 43.7 Å². The van der Waals surface area contributed by atoms with Gasteiger partial charge in [-0.25, -0.2) is 0 Å². The van der Waals surface area contributed by atoms with Crippen LogP contribution in [0, 0.1) is 11.3 Å². The molecule has 0 aromatic heterocycles. The fourth-order valence-electron chi connectivity index (χ4n) is 2.95. The Labute approximate surface area is 148 Å². The average molecular weight is 334 g/mol. The third-order valence-electron chi connectivity index (χ3n) is 4.89. The van der Waals surface area contributed by atoms with Gasteiger partial charge in [-0.2, -0.15) is 5.26 Å². The summed E-state index contributed by atoms with van der Waals surface area (Å²) in [5.74, 6) is -0.215. The highest BCUT2D eigenvalue weighted by Gasteiger charge is 2.44. The van der Waals surface area contributed by atoms with Gasteiger partial charge in [-0.3, -0.25) is 4.79 Å². The first kappa shape index (κ1) is 17.2. The second kappa shape index (κ2) is 7.08. The fraction of sp³-hybridized carbons (Fsp3) is 0.333. The summed E-state index contributed by atoms with van der Waals surface area (Å²) in [5.41, 5.74) is 2.21. The van der Waals surface area contributed by atoms with Crippen molar-refractivity contribution in [2.75, 3.05) is 0 Å². The average Bonchev–Trinajstić information content (AvgIpc) is 3.44. The largest absolute Gasteiger partial charge is 0.391 e. The molecule has 0 aliphatic heterocycles. The van der Waals surface area contributed by atoms with E-state index in [2.05, 4.69) is 11.4 Å². The van der Waals surface area contributed by atoms with Gasteiger partial charge in [0.1, 0.15) is 0 Å². The van der Waals surface area contributed by atoms with Crippen LogP contribution in [0.4, 0.5) is 0 Å². The first-order valence-corrected chi connectivity index (χ1v) is 8.59. The Hall–Kier alpha value is -2.64. The molecule has 2 atom stereocenters. The number of hydrogen-bond donors (Lipinski definition) is 2. The van der Waals surface area contributed by atoms with Gasteiger partial charge in [0, 0.05) is 12.0 Å². The second-order valence-corrected chi connectivity index (χ2v) is 6.79. The molecule has 0 bridgehead atoms. The number of aliphatic hydroxyl groups excluding tert-OH is 1. The summed E-state index contributed by atoms with van der Waals surface area (Å²) in [6.45, 7) is 1.80. The van der Waals surface area contributed by atoms with Crippen molar-refractivity contribution in [3.63, 3.8) is 0 Å². The molecule has 1 aliphatic carbocycles. The van der Waals surface area contributed by atoms with Crippen LogP contribution in [0.25, 0.3) is 0 Å². The molecular weight excluding hydrogens is 312 g/mol. The molecule has 0 spiro atoms. The van der Waals surface area contributed by atoms with Crippen LogP contribution >= 0.6 is 0 Å². The number of hydrogen-bond acceptors (Lipinski definition) is 3. The van der Waals surface area contributed by atoms with Crippen molar-refractivity contribution in [1.82, 2.24) is 5.32 Å². The minimum Gasteiger partial charge on any atom is -0.391 e. The van der Waals surface area contributed by atoms with Crippen molar-refractivity contribution in [1.29, 1.82) is 5.26 Å². The topological polar surface area (TPSA) is 73.1 Å². The van der Waals surface area contributed by atoms with E-state index in [4.69, 9.17) is 0 Å². The molecule has 2 aromatic carbocycles. The molecular formula is C21H22N2O2. The maximum Gasteiger partial charge on any atom is 0.251 e. The van der Waals surface area contributed by atoms with Crippen LogP contribution in [-0.4, -0.2) is 23.2 Å². The predicted octanol–water partition coefficient (Wildman–Crippen LogP) is 2.96. The van der Waals surface area contributed by atoms with Crippen LogP contribution in [0.3, 0.4) is 0 Å². The van der Waals surface area contributed by atoms with Crippen molar-refractivity contribution in [3.05, 3.63) is 71.3 Å². The molecule has 3 rings (SSSR count). The van der Waals surface area contributed by atoms with Gasteiger partial charge in [0.15, 0.2) is 0 Å². The zero-order chi connectivity index (χ0) is 17.9. The lowest BCUT2D eigenvalue weighted by Crippen LogP contribution is -2.42. The van der Waals surface area contributed by atoms with E-state index in [0.717, 1.165) is 24.0 Å². The Morgan fingerprint density at radius 1 is 1.20 bits per heavy atom. The van der Waals surface area contributed by atoms with E-state index in [0.29, 0.717) is 12.0 Å². The highest BCUT2D eigenvalue weighted by atomic mass is 16.3. The SMILES string of the molecule is CC(NC(=O)c1ccc(C2(C#N)CC2)cc1)C(O)Cc1ccccc1. The smallest absolute Gasteiger partial charge is 0.251 e. The molecule has 1 amide bonds. The molecule has 25 heavy (non-hydrogen) atoms. The summed E-state index contributed by atoms with van der Waals surface area (Å²) in [7, 11) is 0. The lowest BCUT2D eigenvalue weighted by Gasteiger charge is -2.20. The molecule has 0 saturated heterocycles. The Bertz CT molecular complexity index is 774. The fourth-order valence-corrected chi connectivity index (χ4v) is 2.95. The quantitative estimate of drug-likeness (QED) is 0.853. The number of carbonyl (C=O) groups is 1. The number of rotatable bonds is 6. The molecule has 0 radical (unpaired) electrons. The Morgan fingerprint density at radius 2 is 1.84 bits per heavy atom. The standard InChI is InChI=1S/C21H22N2O2/c1-15(19(24)13-16-5-3-2-4-6-16)23-20(25)17-7-9-18(10-8-17)21(14-22)11-12-21/h2-10,15,19,24H,11-13H2,1H3,(H,23,25). The van der Waals surface area contributed by atoms with Crippen LogP contribution < -0.4 is 5.32 Å². The molecule has 1 fully saturated rings. The molecule has 4 nitrogen and oxygen atoms in total. The normalized spacial score (nSPS) is 17.2. The van der Waals surface area contributed by atoms with E-state index in [1.165, 1.54) is 0 Å². The van der Waals surface area contributed by atoms with Gasteiger partial charge in [-0.15, -0.1) is 0 Å². The summed E-state index contributed by atoms with van der Waals surface area (Å²) < 4.78 is 0. The van der Waals surface area contributed by atoms with Gasteiger partial charge < -0.3 is 10.4 Å². The van der Waals surface area contributed by atoms with E-state index in [1.54, 1.807) is 19.1 Å². The molecule has 2 N–H and O–H groups in total. The number of nitrogens with one attached hydrogen (secondary N) is 1. The van der Waals surface area contributed by atoms with Crippen LogP contribution in [-0.2, 0) is 11.8 Å². The van der Waals surface area contributed by atoms with Gasteiger partial charge in [0.25, 0.3) is 5.91 Å². The summed E-state index contributed by atoms with van der Waals surface area (Å²) >= 11 is 0. The van der Waals surface area contributed by atoms with Gasteiger partial charge in [0.2, 0.25) is 0 Å². The van der Waals surface area contributed by atoms with Gasteiger partial charge in [-0.1, -0.05) is 42.5 Å². The summed E-state index contributed by atoms with van der Waals surface area (Å²) in [6.07, 6.45) is 1.61. The summed E-state index contributed by atoms with van der Waals surface area (Å²) in [5, 5.41) is 22.4. The van der Waals surface area contributed by atoms with E-state index in [9.17, 15) is 15.2 Å². The van der Waals surface area contributed by atoms with Crippen LogP contribution in [0.15, 0.2) is 54.6 Å². The molecule has 1 saturated carbocycles. The van der Waals surface area contributed by atoms with Crippen molar-refractivity contribution in [3.8, 4) is 6.07 Å². The maximum absolute atomic E-state index is 12.4. The van der Waals surface area contributed by atoms with E-state index >= 15 is 0 Å². The van der Waals surface area contributed by atoms with Crippen molar-refractivity contribution in [2.24, 2.45) is 0 Å². The Balaban J connectivity index is 1.59. The highest BCUT2D eigenvalue weighted by Crippen LogP contribution is 2.47. The molecule has 2 unspecified atom stereocenters. The minimum atomic E-state index is -0.654. The number of aliphatic hydroxyl groups is 1. The van der Waals surface area contributed by atoms with E-state index < -0.39 is 6.10 Å². The number of nitrogens with zero attached hydrogens (tertiary/aromatic N) is 1. The van der Waals surface area contributed by atoms with Gasteiger partial charge in [-0.05, 0) is 43.0 Å². The van der Waals surface area contributed by atoms with Crippen molar-refractivity contribution < 1.29 is 9.90 Å². The summed E-state index contributed by atoms with van der Waals surface area (Å²) in [6, 6.07) is 18.9. The minimum absolute atomic E-state index is 0.215. The molecule has 2 aromatic rings. The van der Waals surface area contributed by atoms with Gasteiger partial charge in [0.05, 0.1) is 23.6 Å². The number of carbonyl (C=O) groups excluding carboxylic acids is 1. The zero-order valence-corrected chi connectivity index (χ0v) is 14.3. The van der Waals surface area contributed by atoms with E-state index in [-0.39, 0.29) is 17.4 Å². The molecule has 4 heteroatoms. The number of nitriles is 1. The first-order chi connectivity index (χ1) is 12.0. The van der Waals surface area contributed by atoms with Gasteiger partial charge >= 0.3 is 0 Å². The Morgan fingerprint density at radius 3 is 2.40 bits per heavy atom. The summed E-state index contributed by atoms with van der Waals surface area (Å²) in [4.78, 5) is 12.4. The second-order valence-electron chi connectivity index (χ2n) is 6.79. The van der Waals surface area contributed by atoms with Crippen LogP contribution in [0.1, 0.15) is 41.3 Å². The first-order valence-electron chi connectivity index (χ1n) is 8.59.